The predicted octanol–water partition coefficient (Wildman–Crippen LogP) is 5.04. The number of hydrogen-bond donors (Lipinski definition) is 0. The lowest BCUT2D eigenvalue weighted by molar-refractivity contribution is 0.559. The summed E-state index contributed by atoms with van der Waals surface area (Å²) in [5, 5.41) is 0. The van der Waals surface area contributed by atoms with E-state index in [4.69, 9.17) is 4.42 Å². The van der Waals surface area contributed by atoms with Crippen LogP contribution in [0.2, 0.25) is 0 Å². The molecule has 0 fully saturated rings. The van der Waals surface area contributed by atoms with Gasteiger partial charge in [0.25, 0.3) is 0 Å². The summed E-state index contributed by atoms with van der Waals surface area (Å²) < 4.78 is 5.27. The van der Waals surface area contributed by atoms with Crippen molar-refractivity contribution in [1.29, 1.82) is 0 Å². The summed E-state index contributed by atoms with van der Waals surface area (Å²) in [7, 11) is 0. The molecule has 3 rings (SSSR count). The maximum Gasteiger partial charge on any atom is 0.0940 e. The van der Waals surface area contributed by atoms with Crippen LogP contribution in [0.3, 0.4) is 0 Å². The molecule has 2 aromatic carbocycles. The molecule has 0 amide bonds. The lowest BCUT2D eigenvalue weighted by Gasteiger charge is -2.16. The van der Waals surface area contributed by atoms with E-state index in [1.165, 1.54) is 16.7 Å². The minimum Gasteiger partial charge on any atom is -0.472 e. The van der Waals surface area contributed by atoms with Gasteiger partial charge in [0, 0.05) is 5.92 Å². The molecule has 1 heteroatoms. The van der Waals surface area contributed by atoms with Crippen LogP contribution in [0.15, 0.2) is 83.7 Å². The Hall–Kier alpha value is -2.28. The fourth-order valence-electron chi connectivity index (χ4n) is 2.64. The minimum atomic E-state index is 0.398. The molecule has 0 aliphatic rings. The molecule has 0 aliphatic carbocycles. The van der Waals surface area contributed by atoms with E-state index in [1.54, 1.807) is 6.26 Å². The minimum absolute atomic E-state index is 0.398. The molecule has 0 saturated heterocycles. The Morgan fingerprint density at radius 3 is 2.10 bits per heavy atom. The van der Waals surface area contributed by atoms with Crippen LogP contribution in [-0.4, -0.2) is 0 Å². The lowest BCUT2D eigenvalue weighted by atomic mass is 9.88. The molecular formula is C19H18O. The highest BCUT2D eigenvalue weighted by Gasteiger charge is 2.15. The van der Waals surface area contributed by atoms with E-state index < -0.39 is 0 Å². The Kier molecular flexibility index (Phi) is 3.98. The first-order valence-corrected chi connectivity index (χ1v) is 7.04. The molecule has 3 aromatic rings. The quantitative estimate of drug-likeness (QED) is 0.627. The second-order valence-electron chi connectivity index (χ2n) is 5.04. The van der Waals surface area contributed by atoms with Gasteiger partial charge in [0.15, 0.2) is 0 Å². The summed E-state index contributed by atoms with van der Waals surface area (Å²) in [5.74, 6) is 0.398. The standard InChI is InChI=1S/C19H18O/c1-3-7-16(8-4-1)11-12-19(18-13-14-20-15-18)17-9-5-2-6-10-17/h1-10,13-15,19H,11-12H2. The van der Waals surface area contributed by atoms with E-state index in [-0.39, 0.29) is 0 Å². The van der Waals surface area contributed by atoms with Gasteiger partial charge in [0.2, 0.25) is 0 Å². The highest BCUT2D eigenvalue weighted by atomic mass is 16.3. The second-order valence-corrected chi connectivity index (χ2v) is 5.04. The molecule has 1 heterocycles. The van der Waals surface area contributed by atoms with Crippen LogP contribution in [0.25, 0.3) is 0 Å². The zero-order chi connectivity index (χ0) is 13.6. The summed E-state index contributed by atoms with van der Waals surface area (Å²) in [6.45, 7) is 0. The van der Waals surface area contributed by atoms with Crippen molar-refractivity contribution in [1.82, 2.24) is 0 Å². The van der Waals surface area contributed by atoms with Crippen molar-refractivity contribution in [2.24, 2.45) is 0 Å². The van der Waals surface area contributed by atoms with Gasteiger partial charge in [-0.2, -0.15) is 0 Å². The van der Waals surface area contributed by atoms with Crippen molar-refractivity contribution in [3.63, 3.8) is 0 Å². The van der Waals surface area contributed by atoms with Crippen LogP contribution in [-0.2, 0) is 6.42 Å². The number of benzene rings is 2. The fourth-order valence-corrected chi connectivity index (χ4v) is 2.64. The van der Waals surface area contributed by atoms with Crippen LogP contribution < -0.4 is 0 Å². The highest BCUT2D eigenvalue weighted by molar-refractivity contribution is 5.30. The Morgan fingerprint density at radius 2 is 1.45 bits per heavy atom. The number of furan rings is 1. The summed E-state index contributed by atoms with van der Waals surface area (Å²) in [6, 6.07) is 23.4. The summed E-state index contributed by atoms with van der Waals surface area (Å²) >= 11 is 0. The zero-order valence-corrected chi connectivity index (χ0v) is 11.4. The van der Waals surface area contributed by atoms with E-state index in [0.717, 1.165) is 12.8 Å². The third-order valence-corrected chi connectivity index (χ3v) is 3.71. The van der Waals surface area contributed by atoms with E-state index in [0.29, 0.717) is 5.92 Å². The molecule has 0 aliphatic heterocycles. The average molecular weight is 262 g/mol. The number of aryl methyl sites for hydroxylation is 1. The molecule has 1 aromatic heterocycles. The molecule has 0 saturated carbocycles. The molecule has 1 atom stereocenters. The molecular weight excluding hydrogens is 244 g/mol. The van der Waals surface area contributed by atoms with Crippen molar-refractivity contribution in [2.45, 2.75) is 18.8 Å². The van der Waals surface area contributed by atoms with E-state index in [1.807, 2.05) is 6.26 Å². The first-order chi connectivity index (χ1) is 9.93. The Balaban J connectivity index is 1.80. The Labute approximate surface area is 119 Å². The monoisotopic (exact) mass is 262 g/mol. The molecule has 0 spiro atoms. The molecule has 0 radical (unpaired) electrons. The SMILES string of the molecule is c1ccc(CCC(c2ccccc2)c2ccoc2)cc1. The molecule has 100 valence electrons. The largest absolute Gasteiger partial charge is 0.472 e. The summed E-state index contributed by atoms with van der Waals surface area (Å²) in [4.78, 5) is 0. The van der Waals surface area contributed by atoms with E-state index in [9.17, 15) is 0 Å². The summed E-state index contributed by atoms with van der Waals surface area (Å²) in [6.07, 6.45) is 5.79. The van der Waals surface area contributed by atoms with E-state index in [2.05, 4.69) is 66.7 Å². The van der Waals surface area contributed by atoms with Crippen molar-refractivity contribution < 1.29 is 4.42 Å². The number of rotatable bonds is 5. The van der Waals surface area contributed by atoms with Crippen LogP contribution in [0.5, 0.6) is 0 Å². The van der Waals surface area contributed by atoms with Gasteiger partial charge in [0.05, 0.1) is 12.5 Å². The van der Waals surface area contributed by atoms with Crippen molar-refractivity contribution in [2.75, 3.05) is 0 Å². The van der Waals surface area contributed by atoms with Gasteiger partial charge in [-0.3, -0.25) is 0 Å². The van der Waals surface area contributed by atoms with Gasteiger partial charge in [-0.05, 0) is 35.6 Å². The van der Waals surface area contributed by atoms with Crippen LogP contribution in [0.1, 0.15) is 29.0 Å². The van der Waals surface area contributed by atoms with Crippen molar-refractivity contribution >= 4 is 0 Å². The molecule has 0 bridgehead atoms. The van der Waals surface area contributed by atoms with Crippen LogP contribution in [0, 0.1) is 0 Å². The predicted molar refractivity (Wildman–Crippen MR) is 81.8 cm³/mol. The maximum atomic E-state index is 5.27. The third-order valence-electron chi connectivity index (χ3n) is 3.71. The number of hydrogen-bond acceptors (Lipinski definition) is 1. The highest BCUT2D eigenvalue weighted by Crippen LogP contribution is 2.29. The maximum absolute atomic E-state index is 5.27. The Morgan fingerprint density at radius 1 is 0.750 bits per heavy atom. The molecule has 20 heavy (non-hydrogen) atoms. The van der Waals surface area contributed by atoms with Gasteiger partial charge in [-0.25, -0.2) is 0 Å². The van der Waals surface area contributed by atoms with Gasteiger partial charge in [0.1, 0.15) is 0 Å². The van der Waals surface area contributed by atoms with Gasteiger partial charge in [-0.15, -0.1) is 0 Å². The third kappa shape index (κ3) is 3.00. The van der Waals surface area contributed by atoms with Crippen molar-refractivity contribution in [3.05, 3.63) is 95.9 Å². The van der Waals surface area contributed by atoms with Crippen LogP contribution in [0.4, 0.5) is 0 Å². The van der Waals surface area contributed by atoms with Crippen molar-refractivity contribution in [3.8, 4) is 0 Å². The molecule has 0 N–H and O–H groups in total. The molecule has 1 nitrogen and oxygen atoms in total. The van der Waals surface area contributed by atoms with Crippen LogP contribution >= 0.6 is 0 Å². The fraction of sp³-hybridized carbons (Fsp3) is 0.158. The first-order valence-electron chi connectivity index (χ1n) is 7.04. The second kappa shape index (κ2) is 6.25. The van der Waals surface area contributed by atoms with Gasteiger partial charge < -0.3 is 4.42 Å². The Bertz CT molecular complexity index is 611. The molecule has 1 unspecified atom stereocenters. The van der Waals surface area contributed by atoms with Gasteiger partial charge in [-0.1, -0.05) is 60.7 Å². The smallest absolute Gasteiger partial charge is 0.0940 e. The average Bonchev–Trinajstić information content (AvgIpc) is 3.04. The van der Waals surface area contributed by atoms with E-state index >= 15 is 0 Å². The summed E-state index contributed by atoms with van der Waals surface area (Å²) in [5.41, 5.74) is 3.99. The normalized spacial score (nSPS) is 12.2. The topological polar surface area (TPSA) is 13.1 Å². The lowest BCUT2D eigenvalue weighted by Crippen LogP contribution is -2.02. The first kappa shape index (κ1) is 12.7. The van der Waals surface area contributed by atoms with Gasteiger partial charge >= 0.3 is 0 Å². The zero-order valence-electron chi connectivity index (χ0n) is 11.4.